The van der Waals surface area contributed by atoms with Gasteiger partial charge in [-0.25, -0.2) is 4.79 Å². The summed E-state index contributed by atoms with van der Waals surface area (Å²) in [7, 11) is 1.27. The third-order valence-corrected chi connectivity index (χ3v) is 5.69. The fraction of sp³-hybridized carbons (Fsp3) is 0.409. The van der Waals surface area contributed by atoms with E-state index in [0.29, 0.717) is 28.3 Å². The highest BCUT2D eigenvalue weighted by atomic mass is 35.5. The van der Waals surface area contributed by atoms with Crippen molar-refractivity contribution in [3.8, 4) is 0 Å². The molecule has 0 saturated carbocycles. The molecule has 1 aromatic rings. The highest BCUT2D eigenvalue weighted by molar-refractivity contribution is 6.30. The molecule has 0 amide bonds. The standard InChI is InChI=1S/C22H24ClNO5/c1-5-29-22(27)17-12(3)24-15-10-11(2)16(21(26)28-4)20(25)19(15)18(17)13-6-8-14(23)9-7-13/h6-9,11,16,18,24H,5,10H2,1-4H3/t11-,16+,18+/m1/s1. The van der Waals surface area contributed by atoms with Crippen LogP contribution < -0.4 is 5.32 Å². The highest BCUT2D eigenvalue weighted by Gasteiger charge is 2.47. The van der Waals surface area contributed by atoms with Gasteiger partial charge in [-0.2, -0.15) is 0 Å². The predicted molar refractivity (Wildman–Crippen MR) is 108 cm³/mol. The summed E-state index contributed by atoms with van der Waals surface area (Å²) in [6, 6.07) is 7.00. The second kappa shape index (κ2) is 8.41. The van der Waals surface area contributed by atoms with Gasteiger partial charge in [0, 0.05) is 27.9 Å². The van der Waals surface area contributed by atoms with E-state index in [2.05, 4.69) is 5.32 Å². The summed E-state index contributed by atoms with van der Waals surface area (Å²) in [5, 5.41) is 3.76. The normalized spacial score (nSPS) is 24.0. The zero-order valence-corrected chi connectivity index (χ0v) is 17.6. The third-order valence-electron chi connectivity index (χ3n) is 5.44. The van der Waals surface area contributed by atoms with E-state index in [4.69, 9.17) is 21.1 Å². The summed E-state index contributed by atoms with van der Waals surface area (Å²) in [4.78, 5) is 38.6. The van der Waals surface area contributed by atoms with Gasteiger partial charge in [-0.15, -0.1) is 0 Å². The molecular weight excluding hydrogens is 394 g/mol. The molecule has 1 heterocycles. The number of rotatable bonds is 4. The van der Waals surface area contributed by atoms with Crippen LogP contribution in [-0.2, 0) is 23.9 Å². The van der Waals surface area contributed by atoms with Crippen molar-refractivity contribution in [3.63, 3.8) is 0 Å². The van der Waals surface area contributed by atoms with E-state index < -0.39 is 23.8 Å². The van der Waals surface area contributed by atoms with Crippen LogP contribution in [0.4, 0.5) is 0 Å². The third kappa shape index (κ3) is 3.81. The van der Waals surface area contributed by atoms with Gasteiger partial charge in [0.25, 0.3) is 0 Å². The average Bonchev–Trinajstić information content (AvgIpc) is 2.67. The van der Waals surface area contributed by atoms with E-state index >= 15 is 0 Å². The van der Waals surface area contributed by atoms with Gasteiger partial charge in [-0.1, -0.05) is 30.7 Å². The van der Waals surface area contributed by atoms with Crippen LogP contribution in [-0.4, -0.2) is 31.4 Å². The topological polar surface area (TPSA) is 81.7 Å². The molecule has 0 fully saturated rings. The molecule has 3 atom stereocenters. The number of carbonyl (C=O) groups excluding carboxylic acids is 3. The second-order valence-electron chi connectivity index (χ2n) is 7.31. The first-order valence-corrected chi connectivity index (χ1v) is 9.93. The Morgan fingerprint density at radius 3 is 2.48 bits per heavy atom. The number of methoxy groups -OCH3 is 1. The smallest absolute Gasteiger partial charge is 0.336 e. The van der Waals surface area contributed by atoms with Gasteiger partial charge in [0.05, 0.1) is 19.3 Å². The van der Waals surface area contributed by atoms with Crippen LogP contribution in [0.5, 0.6) is 0 Å². The molecule has 3 rings (SSSR count). The van der Waals surface area contributed by atoms with Crippen LogP contribution in [0.3, 0.4) is 0 Å². The molecule has 2 aliphatic rings. The first kappa shape index (κ1) is 21.1. The number of ketones is 1. The number of Topliss-reactive ketones (excluding diaryl/α,β-unsaturated/α-hetero) is 1. The van der Waals surface area contributed by atoms with Gasteiger partial charge in [0.1, 0.15) is 5.92 Å². The van der Waals surface area contributed by atoms with Gasteiger partial charge < -0.3 is 14.8 Å². The van der Waals surface area contributed by atoms with Gasteiger partial charge in [0.2, 0.25) is 0 Å². The van der Waals surface area contributed by atoms with Crippen LogP contribution in [0.25, 0.3) is 0 Å². The Hall–Kier alpha value is -2.60. The lowest BCUT2D eigenvalue weighted by Crippen LogP contribution is -2.43. The molecule has 6 nitrogen and oxygen atoms in total. The summed E-state index contributed by atoms with van der Waals surface area (Å²) in [6.45, 7) is 5.58. The van der Waals surface area contributed by atoms with Gasteiger partial charge >= 0.3 is 11.9 Å². The monoisotopic (exact) mass is 417 g/mol. The minimum absolute atomic E-state index is 0.213. The molecule has 0 unspecified atom stereocenters. The fourth-order valence-electron chi connectivity index (χ4n) is 4.15. The Morgan fingerprint density at radius 1 is 1.24 bits per heavy atom. The minimum atomic E-state index is -0.905. The van der Waals surface area contributed by atoms with E-state index in [1.165, 1.54) is 7.11 Å². The highest BCUT2D eigenvalue weighted by Crippen LogP contribution is 2.45. The van der Waals surface area contributed by atoms with Crippen molar-refractivity contribution in [3.05, 3.63) is 57.4 Å². The first-order valence-electron chi connectivity index (χ1n) is 9.55. The maximum Gasteiger partial charge on any atom is 0.336 e. The summed E-state index contributed by atoms with van der Waals surface area (Å²) >= 11 is 6.04. The minimum Gasteiger partial charge on any atom is -0.468 e. The van der Waals surface area contributed by atoms with Crippen LogP contribution >= 0.6 is 11.6 Å². The van der Waals surface area contributed by atoms with E-state index in [9.17, 15) is 14.4 Å². The maximum atomic E-state index is 13.5. The molecule has 0 bridgehead atoms. The van der Waals surface area contributed by atoms with Crippen molar-refractivity contribution in [2.75, 3.05) is 13.7 Å². The quantitative estimate of drug-likeness (QED) is 0.596. The lowest BCUT2D eigenvalue weighted by atomic mass is 9.69. The number of nitrogens with one attached hydrogen (secondary N) is 1. The number of carbonyl (C=O) groups is 3. The van der Waals surface area contributed by atoms with Crippen LogP contribution in [0.15, 0.2) is 46.8 Å². The zero-order valence-electron chi connectivity index (χ0n) is 16.9. The number of halogens is 1. The Kier molecular flexibility index (Phi) is 6.13. The van der Waals surface area contributed by atoms with E-state index in [0.717, 1.165) is 11.3 Å². The number of esters is 2. The largest absolute Gasteiger partial charge is 0.468 e. The Labute approximate surface area is 174 Å². The second-order valence-corrected chi connectivity index (χ2v) is 7.74. The van der Waals surface area contributed by atoms with E-state index in [1.54, 1.807) is 38.1 Å². The van der Waals surface area contributed by atoms with E-state index in [-0.39, 0.29) is 18.3 Å². The lowest BCUT2D eigenvalue weighted by Gasteiger charge is -2.38. The van der Waals surface area contributed by atoms with Crippen molar-refractivity contribution in [2.45, 2.75) is 33.1 Å². The molecule has 0 saturated heterocycles. The maximum absolute atomic E-state index is 13.5. The van der Waals surface area contributed by atoms with Crippen molar-refractivity contribution >= 4 is 29.3 Å². The molecule has 0 aromatic heterocycles. The molecule has 154 valence electrons. The van der Waals surface area contributed by atoms with Crippen LogP contribution in [0.2, 0.25) is 5.02 Å². The number of ether oxygens (including phenoxy) is 2. The lowest BCUT2D eigenvalue weighted by molar-refractivity contribution is -0.151. The summed E-state index contributed by atoms with van der Waals surface area (Å²) in [5.74, 6) is -3.15. The molecule has 29 heavy (non-hydrogen) atoms. The number of dihydropyridines is 1. The van der Waals surface area contributed by atoms with Crippen LogP contribution in [0, 0.1) is 11.8 Å². The zero-order chi connectivity index (χ0) is 21.3. The average molecular weight is 418 g/mol. The molecule has 1 N–H and O–H groups in total. The van der Waals surface area contributed by atoms with Crippen molar-refractivity contribution in [1.29, 1.82) is 0 Å². The molecule has 1 aromatic carbocycles. The summed E-state index contributed by atoms with van der Waals surface area (Å²) in [6.07, 6.45) is 0.498. The van der Waals surface area contributed by atoms with Crippen molar-refractivity contribution in [2.24, 2.45) is 11.8 Å². The molecule has 0 spiro atoms. The molecule has 1 aliphatic carbocycles. The number of allylic oxidation sites excluding steroid dienone is 3. The summed E-state index contributed by atoms with van der Waals surface area (Å²) in [5.41, 5.74) is 2.87. The molecular formula is C22H24ClNO5. The molecule has 0 radical (unpaired) electrons. The van der Waals surface area contributed by atoms with Crippen molar-refractivity contribution in [1.82, 2.24) is 5.32 Å². The van der Waals surface area contributed by atoms with Crippen molar-refractivity contribution < 1.29 is 23.9 Å². The molecule has 1 aliphatic heterocycles. The van der Waals surface area contributed by atoms with Crippen LogP contribution in [0.1, 0.15) is 38.7 Å². The Bertz CT molecular complexity index is 916. The Morgan fingerprint density at radius 2 is 1.90 bits per heavy atom. The number of benzene rings is 1. The summed E-state index contributed by atoms with van der Waals surface area (Å²) < 4.78 is 10.1. The number of hydrogen-bond acceptors (Lipinski definition) is 6. The molecule has 7 heteroatoms. The van der Waals surface area contributed by atoms with Gasteiger partial charge in [-0.05, 0) is 43.9 Å². The Balaban J connectivity index is 2.18. The predicted octanol–water partition coefficient (Wildman–Crippen LogP) is 3.52. The fourth-order valence-corrected chi connectivity index (χ4v) is 4.27. The van der Waals surface area contributed by atoms with Gasteiger partial charge in [0.15, 0.2) is 5.78 Å². The van der Waals surface area contributed by atoms with Gasteiger partial charge in [-0.3, -0.25) is 9.59 Å². The SMILES string of the molecule is CCOC(=O)C1=C(C)NC2=C(C(=O)[C@@H](C(=O)OC)[C@H](C)C2)[C@H]1c1ccc(Cl)cc1. The van der Waals surface area contributed by atoms with E-state index in [1.807, 2.05) is 6.92 Å². The first-order chi connectivity index (χ1) is 13.8. The number of hydrogen-bond donors (Lipinski definition) is 1.